The van der Waals surface area contributed by atoms with Gasteiger partial charge in [0.2, 0.25) is 5.95 Å². The average molecular weight is 521 g/mol. The fourth-order valence-electron chi connectivity index (χ4n) is 5.49. The second-order valence-corrected chi connectivity index (χ2v) is 9.85. The van der Waals surface area contributed by atoms with E-state index in [4.69, 9.17) is 19.3 Å². The van der Waals surface area contributed by atoms with Crippen LogP contribution in [0, 0.1) is 0 Å². The minimum absolute atomic E-state index is 0.369. The van der Waals surface area contributed by atoms with Gasteiger partial charge < -0.3 is 19.5 Å². The first-order valence-electron chi connectivity index (χ1n) is 12.1. The van der Waals surface area contributed by atoms with Crippen LogP contribution >= 0.6 is 15.9 Å². The lowest BCUT2D eigenvalue weighted by atomic mass is 9.89. The molecule has 9 nitrogen and oxygen atoms in total. The molecule has 3 fully saturated rings. The highest BCUT2D eigenvalue weighted by Crippen LogP contribution is 2.39. The molecular weight excluding hydrogens is 488 g/mol. The third-order valence-electron chi connectivity index (χ3n) is 7.00. The van der Waals surface area contributed by atoms with Crippen LogP contribution < -0.4 is 10.1 Å². The molecule has 0 spiro atoms. The number of hydrogen-bond acceptors (Lipinski definition) is 8. The highest BCUT2D eigenvalue weighted by atomic mass is 79.9. The first-order valence-corrected chi connectivity index (χ1v) is 12.9. The molecule has 2 saturated heterocycles. The van der Waals surface area contributed by atoms with Gasteiger partial charge in [-0.1, -0.05) is 0 Å². The molecule has 33 heavy (non-hydrogen) atoms. The largest absolute Gasteiger partial charge is 0.473 e. The van der Waals surface area contributed by atoms with Gasteiger partial charge in [0.25, 0.3) is 5.88 Å². The van der Waals surface area contributed by atoms with E-state index >= 15 is 0 Å². The second kappa shape index (κ2) is 10.7. The van der Waals surface area contributed by atoms with Crippen molar-refractivity contribution in [3.63, 3.8) is 0 Å². The maximum absolute atomic E-state index is 5.96. The zero-order valence-electron chi connectivity index (χ0n) is 19.2. The van der Waals surface area contributed by atoms with Crippen molar-refractivity contribution in [2.24, 2.45) is 0 Å². The molecular formula is C23H33BrN6O3. The number of ether oxygens (including phenoxy) is 3. The molecule has 0 amide bonds. The van der Waals surface area contributed by atoms with E-state index in [1.165, 1.54) is 25.7 Å². The van der Waals surface area contributed by atoms with Crippen molar-refractivity contribution in [1.82, 2.24) is 24.6 Å². The number of nitrogens with one attached hydrogen (secondary N) is 1. The molecule has 10 heteroatoms. The van der Waals surface area contributed by atoms with Gasteiger partial charge in [-0.3, -0.25) is 9.58 Å². The molecule has 2 aliphatic heterocycles. The van der Waals surface area contributed by atoms with Crippen molar-refractivity contribution < 1.29 is 14.2 Å². The van der Waals surface area contributed by atoms with E-state index in [-0.39, 0.29) is 0 Å². The predicted molar refractivity (Wildman–Crippen MR) is 128 cm³/mol. The summed E-state index contributed by atoms with van der Waals surface area (Å²) in [4.78, 5) is 11.5. The predicted octanol–water partition coefficient (Wildman–Crippen LogP) is 3.94. The highest BCUT2D eigenvalue weighted by molar-refractivity contribution is 9.10. The summed E-state index contributed by atoms with van der Waals surface area (Å²) in [6, 6.07) is 4.09. The molecule has 1 aliphatic carbocycles. The van der Waals surface area contributed by atoms with Gasteiger partial charge in [0, 0.05) is 30.9 Å². The van der Waals surface area contributed by atoms with Gasteiger partial charge in [0.05, 0.1) is 32.1 Å². The minimum Gasteiger partial charge on any atom is -0.473 e. The molecule has 5 rings (SSSR count). The van der Waals surface area contributed by atoms with Crippen molar-refractivity contribution in [2.45, 2.75) is 69.6 Å². The number of rotatable bonds is 9. The Morgan fingerprint density at radius 1 is 1.06 bits per heavy atom. The van der Waals surface area contributed by atoms with Crippen LogP contribution in [0.4, 0.5) is 11.6 Å². The monoisotopic (exact) mass is 520 g/mol. The van der Waals surface area contributed by atoms with Crippen LogP contribution in [0.3, 0.4) is 0 Å². The summed E-state index contributed by atoms with van der Waals surface area (Å²) in [5.74, 6) is 1.07. The van der Waals surface area contributed by atoms with Crippen LogP contribution in [0.15, 0.2) is 23.1 Å². The Bertz CT molecular complexity index is 903. The number of fused-ring (bicyclic) bond motifs is 2. The summed E-state index contributed by atoms with van der Waals surface area (Å²) < 4.78 is 20.0. The maximum Gasteiger partial charge on any atom is 0.257 e. The Balaban J connectivity index is 1.26. The fourth-order valence-corrected chi connectivity index (χ4v) is 5.78. The third kappa shape index (κ3) is 5.34. The van der Waals surface area contributed by atoms with Crippen molar-refractivity contribution in [3.05, 3.63) is 23.1 Å². The lowest BCUT2D eigenvalue weighted by Gasteiger charge is -2.43. The Kier molecular flexibility index (Phi) is 7.44. The molecule has 3 aliphatic rings. The standard InChI is InChI=1S/C23H33BrN6O3/c1-2-31-11-12-33-22-20(26-23-25-10-9-21(24)27-23)13-29(28-22)16-3-5-17(6-4-16)30-18-7-8-19(30)15-32-14-18/h9-10,13,16-19H,2-8,11-12,14-15H2,1H3,(H,25,26,27)/t16?,17?,18-,19+. The summed E-state index contributed by atoms with van der Waals surface area (Å²) >= 11 is 3.40. The van der Waals surface area contributed by atoms with Crippen LogP contribution in [0.1, 0.15) is 51.5 Å². The van der Waals surface area contributed by atoms with Crippen LogP contribution in [0.2, 0.25) is 0 Å². The maximum atomic E-state index is 5.96. The summed E-state index contributed by atoms with van der Waals surface area (Å²) in [6.07, 6.45) is 11.0. The Hall–Kier alpha value is -1.75. The smallest absolute Gasteiger partial charge is 0.257 e. The molecule has 2 aromatic heterocycles. The topological polar surface area (TPSA) is 86.6 Å². The Morgan fingerprint density at radius 2 is 1.79 bits per heavy atom. The van der Waals surface area contributed by atoms with Crippen LogP contribution in [0.25, 0.3) is 0 Å². The molecule has 0 radical (unpaired) electrons. The van der Waals surface area contributed by atoms with E-state index in [1.54, 1.807) is 12.3 Å². The Labute approximate surface area is 203 Å². The highest BCUT2D eigenvalue weighted by Gasteiger charge is 2.42. The average Bonchev–Trinajstić information content (AvgIpc) is 3.33. The number of aromatic nitrogens is 4. The fraction of sp³-hybridized carbons (Fsp3) is 0.696. The van der Waals surface area contributed by atoms with E-state index in [0.717, 1.165) is 36.3 Å². The molecule has 0 unspecified atom stereocenters. The Morgan fingerprint density at radius 3 is 2.52 bits per heavy atom. The van der Waals surface area contributed by atoms with E-state index < -0.39 is 0 Å². The zero-order valence-corrected chi connectivity index (χ0v) is 20.7. The van der Waals surface area contributed by atoms with E-state index in [9.17, 15) is 0 Å². The van der Waals surface area contributed by atoms with Crippen LogP contribution in [-0.4, -0.2) is 75.8 Å². The lowest BCUT2D eigenvalue weighted by molar-refractivity contribution is -0.0458. The minimum atomic E-state index is 0.369. The summed E-state index contributed by atoms with van der Waals surface area (Å²) in [5.41, 5.74) is 0.776. The van der Waals surface area contributed by atoms with Gasteiger partial charge >= 0.3 is 0 Å². The molecule has 2 bridgehead atoms. The molecule has 1 saturated carbocycles. The SMILES string of the molecule is CCOCCOc1nn(C2CCC(N3[C@@H]4CC[C@H]3COC4)CC2)cc1Nc1nccc(Br)n1. The molecule has 2 atom stereocenters. The summed E-state index contributed by atoms with van der Waals surface area (Å²) in [5, 5.41) is 8.08. The van der Waals surface area contributed by atoms with Gasteiger partial charge in [-0.05, 0) is 67.4 Å². The van der Waals surface area contributed by atoms with E-state index in [0.29, 0.717) is 55.8 Å². The second-order valence-electron chi connectivity index (χ2n) is 9.03. The first-order chi connectivity index (χ1) is 16.2. The lowest BCUT2D eigenvalue weighted by Crippen LogP contribution is -2.52. The summed E-state index contributed by atoms with van der Waals surface area (Å²) in [6.45, 7) is 5.44. The first kappa shape index (κ1) is 23.0. The molecule has 180 valence electrons. The number of nitrogens with zero attached hydrogens (tertiary/aromatic N) is 5. The molecule has 4 heterocycles. The molecule has 1 N–H and O–H groups in total. The van der Waals surface area contributed by atoms with Crippen LogP contribution in [0.5, 0.6) is 5.88 Å². The van der Waals surface area contributed by atoms with Gasteiger partial charge in [-0.25, -0.2) is 9.97 Å². The van der Waals surface area contributed by atoms with Gasteiger partial charge in [-0.15, -0.1) is 5.10 Å². The van der Waals surface area contributed by atoms with Crippen molar-refractivity contribution >= 4 is 27.6 Å². The molecule has 2 aromatic rings. The van der Waals surface area contributed by atoms with Crippen molar-refractivity contribution in [2.75, 3.05) is 38.4 Å². The van der Waals surface area contributed by atoms with E-state index in [2.05, 4.69) is 40.8 Å². The van der Waals surface area contributed by atoms with Crippen molar-refractivity contribution in [1.29, 1.82) is 0 Å². The van der Waals surface area contributed by atoms with E-state index in [1.807, 2.05) is 13.1 Å². The van der Waals surface area contributed by atoms with Gasteiger partial charge in [0.1, 0.15) is 16.9 Å². The third-order valence-corrected chi connectivity index (χ3v) is 7.44. The summed E-state index contributed by atoms with van der Waals surface area (Å²) in [7, 11) is 0. The van der Waals surface area contributed by atoms with Gasteiger partial charge in [-0.2, -0.15) is 0 Å². The quantitative estimate of drug-likeness (QED) is 0.393. The van der Waals surface area contributed by atoms with Crippen molar-refractivity contribution in [3.8, 4) is 5.88 Å². The normalized spacial score (nSPS) is 27.6. The van der Waals surface area contributed by atoms with Gasteiger partial charge in [0.15, 0.2) is 0 Å². The molecule has 0 aromatic carbocycles. The zero-order chi connectivity index (χ0) is 22.6. The van der Waals surface area contributed by atoms with Crippen LogP contribution in [-0.2, 0) is 9.47 Å². The number of anilines is 2. The number of halogens is 1. The number of morpholine rings is 1. The number of hydrogen-bond donors (Lipinski definition) is 1.